The van der Waals surface area contributed by atoms with Gasteiger partial charge < -0.3 is 11.1 Å². The third-order valence-electron chi connectivity index (χ3n) is 3.14. The summed E-state index contributed by atoms with van der Waals surface area (Å²) in [6.45, 7) is 0. The zero-order valence-corrected chi connectivity index (χ0v) is 9.06. The van der Waals surface area contributed by atoms with Gasteiger partial charge in [-0.15, -0.1) is 11.8 Å². The first-order valence-corrected chi connectivity index (χ1v) is 6.03. The first kappa shape index (κ1) is 9.09. The molecule has 0 bridgehead atoms. The van der Waals surface area contributed by atoms with E-state index in [0.717, 1.165) is 29.2 Å². The van der Waals surface area contributed by atoms with Crippen molar-refractivity contribution in [1.29, 1.82) is 0 Å². The maximum atomic E-state index is 11.9. The molecule has 0 saturated heterocycles. The Morgan fingerprint density at radius 1 is 1.40 bits per heavy atom. The molecule has 1 amide bonds. The van der Waals surface area contributed by atoms with Gasteiger partial charge in [-0.25, -0.2) is 0 Å². The van der Waals surface area contributed by atoms with Crippen LogP contribution in [0.4, 0.5) is 11.4 Å². The van der Waals surface area contributed by atoms with Crippen molar-refractivity contribution in [2.24, 2.45) is 5.41 Å². The van der Waals surface area contributed by atoms with Gasteiger partial charge in [-0.3, -0.25) is 4.79 Å². The van der Waals surface area contributed by atoms with Crippen LogP contribution in [-0.4, -0.2) is 11.7 Å². The SMILES string of the molecule is Nc1cccc2c1NC(=O)C1(CC1)CS2. The number of carbonyl (C=O) groups excluding carboxylic acids is 1. The second kappa shape index (κ2) is 2.92. The van der Waals surface area contributed by atoms with Gasteiger partial charge in [0.2, 0.25) is 5.91 Å². The highest BCUT2D eigenvalue weighted by Crippen LogP contribution is 2.53. The van der Waals surface area contributed by atoms with E-state index < -0.39 is 0 Å². The Hall–Kier alpha value is -1.16. The summed E-state index contributed by atoms with van der Waals surface area (Å²) in [6, 6.07) is 5.76. The number of amides is 1. The molecule has 0 radical (unpaired) electrons. The molecule has 1 aliphatic heterocycles. The highest BCUT2D eigenvalue weighted by molar-refractivity contribution is 7.99. The van der Waals surface area contributed by atoms with Gasteiger partial charge in [-0.05, 0) is 25.0 Å². The fourth-order valence-corrected chi connectivity index (χ4v) is 3.19. The van der Waals surface area contributed by atoms with Crippen LogP contribution < -0.4 is 11.1 Å². The summed E-state index contributed by atoms with van der Waals surface area (Å²) in [4.78, 5) is 13.0. The van der Waals surface area contributed by atoms with E-state index >= 15 is 0 Å². The van der Waals surface area contributed by atoms with Crippen LogP contribution in [0.15, 0.2) is 23.1 Å². The Morgan fingerprint density at radius 3 is 2.93 bits per heavy atom. The number of thioether (sulfide) groups is 1. The topological polar surface area (TPSA) is 55.1 Å². The van der Waals surface area contributed by atoms with Gasteiger partial charge in [0.05, 0.1) is 16.8 Å². The number of nitrogen functional groups attached to an aromatic ring is 1. The predicted molar refractivity (Wildman–Crippen MR) is 61.9 cm³/mol. The van der Waals surface area contributed by atoms with Gasteiger partial charge in [0, 0.05) is 10.6 Å². The summed E-state index contributed by atoms with van der Waals surface area (Å²) in [5, 5.41) is 2.96. The van der Waals surface area contributed by atoms with Gasteiger partial charge in [0.25, 0.3) is 0 Å². The van der Waals surface area contributed by atoms with E-state index in [1.165, 1.54) is 0 Å². The second-order valence-corrected chi connectivity index (χ2v) is 5.26. The van der Waals surface area contributed by atoms with Crippen LogP contribution >= 0.6 is 11.8 Å². The number of rotatable bonds is 0. The van der Waals surface area contributed by atoms with E-state index in [0.29, 0.717) is 5.69 Å². The molecular formula is C11H12N2OS. The van der Waals surface area contributed by atoms with Gasteiger partial charge in [-0.1, -0.05) is 6.07 Å². The Bertz CT molecular complexity index is 440. The lowest BCUT2D eigenvalue weighted by atomic mass is 10.1. The molecule has 0 aromatic heterocycles. The summed E-state index contributed by atoms with van der Waals surface area (Å²) in [7, 11) is 0. The Balaban J connectivity index is 2.04. The van der Waals surface area contributed by atoms with Crippen molar-refractivity contribution >= 4 is 29.0 Å². The van der Waals surface area contributed by atoms with Crippen molar-refractivity contribution in [3.8, 4) is 0 Å². The summed E-state index contributed by atoms with van der Waals surface area (Å²) in [6.07, 6.45) is 2.03. The summed E-state index contributed by atoms with van der Waals surface area (Å²) < 4.78 is 0. The number of benzene rings is 1. The van der Waals surface area contributed by atoms with E-state index in [2.05, 4.69) is 5.32 Å². The molecule has 2 aliphatic rings. The predicted octanol–water partition coefficient (Wildman–Crippen LogP) is 2.09. The molecule has 78 valence electrons. The van der Waals surface area contributed by atoms with Crippen molar-refractivity contribution in [2.45, 2.75) is 17.7 Å². The van der Waals surface area contributed by atoms with Gasteiger partial charge in [0.1, 0.15) is 0 Å². The lowest BCUT2D eigenvalue weighted by Crippen LogP contribution is -2.24. The van der Waals surface area contributed by atoms with E-state index in [9.17, 15) is 4.79 Å². The zero-order valence-electron chi connectivity index (χ0n) is 8.25. The Labute approximate surface area is 92.4 Å². The van der Waals surface area contributed by atoms with Crippen LogP contribution in [-0.2, 0) is 4.79 Å². The number of fused-ring (bicyclic) bond motifs is 1. The maximum Gasteiger partial charge on any atom is 0.231 e. The zero-order chi connectivity index (χ0) is 10.5. The Morgan fingerprint density at radius 2 is 2.20 bits per heavy atom. The number of carbonyl (C=O) groups is 1. The van der Waals surface area contributed by atoms with E-state index in [-0.39, 0.29) is 11.3 Å². The minimum atomic E-state index is -0.101. The average Bonchev–Trinajstić information content (AvgIpc) is 3.00. The fourth-order valence-electron chi connectivity index (χ4n) is 1.85. The normalized spacial score (nSPS) is 21.7. The van der Waals surface area contributed by atoms with Crippen molar-refractivity contribution in [2.75, 3.05) is 16.8 Å². The molecule has 0 atom stereocenters. The van der Waals surface area contributed by atoms with E-state index in [1.807, 2.05) is 18.2 Å². The van der Waals surface area contributed by atoms with Crippen molar-refractivity contribution in [3.63, 3.8) is 0 Å². The second-order valence-electron chi connectivity index (χ2n) is 4.24. The quantitative estimate of drug-likeness (QED) is 0.658. The molecule has 0 unspecified atom stereocenters. The summed E-state index contributed by atoms with van der Waals surface area (Å²) in [5.41, 5.74) is 7.21. The number of para-hydroxylation sites is 1. The van der Waals surface area contributed by atoms with Gasteiger partial charge >= 0.3 is 0 Å². The molecule has 1 fully saturated rings. The molecule has 1 heterocycles. The molecule has 15 heavy (non-hydrogen) atoms. The van der Waals surface area contributed by atoms with E-state index in [4.69, 9.17) is 5.73 Å². The number of nitrogens with two attached hydrogens (primary N) is 1. The maximum absolute atomic E-state index is 11.9. The molecule has 1 aliphatic carbocycles. The van der Waals surface area contributed by atoms with Crippen molar-refractivity contribution in [1.82, 2.24) is 0 Å². The lowest BCUT2D eigenvalue weighted by Gasteiger charge is -2.10. The number of hydrogen-bond acceptors (Lipinski definition) is 3. The third-order valence-corrected chi connectivity index (χ3v) is 4.48. The highest BCUT2D eigenvalue weighted by atomic mass is 32.2. The molecule has 4 heteroatoms. The molecule has 3 nitrogen and oxygen atoms in total. The smallest absolute Gasteiger partial charge is 0.231 e. The average molecular weight is 220 g/mol. The molecule has 1 spiro atoms. The van der Waals surface area contributed by atoms with Crippen LogP contribution in [0.1, 0.15) is 12.8 Å². The first-order valence-electron chi connectivity index (χ1n) is 5.04. The van der Waals surface area contributed by atoms with Crippen LogP contribution in [0, 0.1) is 5.41 Å². The van der Waals surface area contributed by atoms with E-state index in [1.54, 1.807) is 11.8 Å². The standard InChI is InChI=1S/C11H12N2OS/c12-7-2-1-3-8-9(7)13-10(14)11(4-5-11)6-15-8/h1-3H,4-6,12H2,(H,13,14). The molecule has 1 saturated carbocycles. The number of nitrogens with one attached hydrogen (secondary N) is 1. The van der Waals surface area contributed by atoms with Crippen LogP contribution in [0.5, 0.6) is 0 Å². The van der Waals surface area contributed by atoms with Gasteiger partial charge in [0.15, 0.2) is 0 Å². The number of hydrogen-bond donors (Lipinski definition) is 2. The van der Waals surface area contributed by atoms with Crippen molar-refractivity contribution < 1.29 is 4.79 Å². The summed E-state index contributed by atoms with van der Waals surface area (Å²) >= 11 is 1.73. The molecule has 3 N–H and O–H groups in total. The van der Waals surface area contributed by atoms with Crippen LogP contribution in [0.25, 0.3) is 0 Å². The van der Waals surface area contributed by atoms with Crippen molar-refractivity contribution in [3.05, 3.63) is 18.2 Å². The third kappa shape index (κ3) is 1.32. The number of anilines is 2. The minimum absolute atomic E-state index is 0.101. The molecule has 1 aromatic carbocycles. The largest absolute Gasteiger partial charge is 0.397 e. The minimum Gasteiger partial charge on any atom is -0.397 e. The van der Waals surface area contributed by atoms with Crippen LogP contribution in [0.3, 0.4) is 0 Å². The van der Waals surface area contributed by atoms with Gasteiger partial charge in [-0.2, -0.15) is 0 Å². The Kier molecular flexibility index (Phi) is 1.77. The van der Waals surface area contributed by atoms with Crippen LogP contribution in [0.2, 0.25) is 0 Å². The lowest BCUT2D eigenvalue weighted by molar-refractivity contribution is -0.120. The molecule has 1 aromatic rings. The fraction of sp³-hybridized carbons (Fsp3) is 0.364. The molecular weight excluding hydrogens is 208 g/mol. The summed E-state index contributed by atoms with van der Waals surface area (Å²) in [5.74, 6) is 1.03. The molecule has 3 rings (SSSR count). The highest BCUT2D eigenvalue weighted by Gasteiger charge is 2.51. The monoisotopic (exact) mass is 220 g/mol. The first-order chi connectivity index (χ1) is 7.21.